The van der Waals surface area contributed by atoms with Crippen LogP contribution in [-0.2, 0) is 0 Å². The molecule has 4 aromatic rings. The van der Waals surface area contributed by atoms with Crippen molar-refractivity contribution in [2.24, 2.45) is 9.98 Å². The monoisotopic (exact) mass is 607 g/mol. The first-order valence-corrected chi connectivity index (χ1v) is 14.1. The van der Waals surface area contributed by atoms with Crippen LogP contribution in [0.25, 0.3) is 33.6 Å². The molecule has 2 aromatic heterocycles. The molecule has 1 N–H and O–H groups in total. The first-order valence-electron chi connectivity index (χ1n) is 13.3. The molecular weight excluding hydrogens is 583 g/mol. The number of amidine groups is 1. The fourth-order valence-electron chi connectivity index (χ4n) is 5.19. The highest BCUT2D eigenvalue weighted by atomic mass is 35.5. The van der Waals surface area contributed by atoms with Gasteiger partial charge >= 0.3 is 0 Å². The van der Waals surface area contributed by atoms with Crippen molar-refractivity contribution in [2.45, 2.75) is 12.8 Å². The second kappa shape index (κ2) is 11.7. The number of rotatable bonds is 7. The largest absolute Gasteiger partial charge is 0.480 e. The molecule has 0 bridgehead atoms. The van der Waals surface area contributed by atoms with E-state index in [1.54, 1.807) is 18.2 Å². The Labute approximate surface area is 251 Å². The molecule has 4 heterocycles. The number of methoxy groups -OCH3 is 2. The molecule has 7 nitrogen and oxygen atoms in total. The summed E-state index contributed by atoms with van der Waals surface area (Å²) < 4.78 is 42.0. The van der Waals surface area contributed by atoms with Gasteiger partial charge in [0, 0.05) is 41.1 Å². The van der Waals surface area contributed by atoms with Crippen molar-refractivity contribution in [1.29, 1.82) is 0 Å². The van der Waals surface area contributed by atoms with E-state index in [-0.39, 0.29) is 21.2 Å². The highest BCUT2D eigenvalue weighted by Gasteiger charge is 2.25. The third kappa shape index (κ3) is 4.97. The summed E-state index contributed by atoms with van der Waals surface area (Å²) in [5.74, 6) is -0.104. The molecular formula is C31H25Cl2F2N5O2. The standard InChI is InChI=1S/C31H25Cl2F2N5O2/c1-41-30-18(22-4-3-13-36-22)7-11-23(39-30)16-5-9-20(34)25(27(16)32)26-21(35)10-6-17(28(26)33)24-12-8-19(31(40-24)42-2)29-37-14-15-38-29/h5-12H,3-4,13-15H2,1-2H3,(H,37,38). The first-order chi connectivity index (χ1) is 20.4. The van der Waals surface area contributed by atoms with Crippen molar-refractivity contribution in [3.8, 4) is 45.4 Å². The molecule has 0 saturated carbocycles. The lowest BCUT2D eigenvalue weighted by Crippen LogP contribution is -2.20. The maximum atomic E-state index is 15.5. The summed E-state index contributed by atoms with van der Waals surface area (Å²) in [6.07, 6.45) is 1.81. The Morgan fingerprint density at radius 2 is 1.24 bits per heavy atom. The maximum Gasteiger partial charge on any atom is 0.224 e. The predicted octanol–water partition coefficient (Wildman–Crippen LogP) is 7.01. The van der Waals surface area contributed by atoms with Crippen LogP contribution in [0.3, 0.4) is 0 Å². The quantitative estimate of drug-likeness (QED) is 0.244. The first kappa shape index (κ1) is 28.1. The number of aliphatic imine (C=N–C) groups is 2. The number of benzene rings is 2. The van der Waals surface area contributed by atoms with Gasteiger partial charge in [-0.15, -0.1) is 0 Å². The molecule has 6 rings (SSSR count). The van der Waals surface area contributed by atoms with Gasteiger partial charge in [0.2, 0.25) is 11.8 Å². The van der Waals surface area contributed by atoms with E-state index < -0.39 is 11.6 Å². The average molecular weight is 608 g/mol. The number of hydrogen-bond donors (Lipinski definition) is 1. The minimum atomic E-state index is -0.741. The summed E-state index contributed by atoms with van der Waals surface area (Å²) in [4.78, 5) is 18.2. The van der Waals surface area contributed by atoms with Gasteiger partial charge in [0.25, 0.3) is 0 Å². The van der Waals surface area contributed by atoms with Crippen molar-refractivity contribution in [2.75, 3.05) is 33.9 Å². The summed E-state index contributed by atoms with van der Waals surface area (Å²) in [5.41, 5.74) is 3.64. The van der Waals surface area contributed by atoms with Gasteiger partial charge in [0.15, 0.2) is 0 Å². The van der Waals surface area contributed by atoms with Crippen LogP contribution < -0.4 is 14.8 Å². The normalized spacial score (nSPS) is 14.4. The molecule has 2 aliphatic heterocycles. The molecule has 42 heavy (non-hydrogen) atoms. The molecule has 0 radical (unpaired) electrons. The average Bonchev–Trinajstić information content (AvgIpc) is 3.74. The van der Waals surface area contributed by atoms with Gasteiger partial charge in [0.05, 0.1) is 53.3 Å². The molecule has 2 aliphatic rings. The summed E-state index contributed by atoms with van der Waals surface area (Å²) in [6.45, 7) is 2.14. The van der Waals surface area contributed by atoms with Gasteiger partial charge in [0.1, 0.15) is 17.5 Å². The van der Waals surface area contributed by atoms with Crippen molar-refractivity contribution >= 4 is 34.7 Å². The lowest BCUT2D eigenvalue weighted by atomic mass is 9.96. The van der Waals surface area contributed by atoms with Crippen LogP contribution in [0.1, 0.15) is 24.0 Å². The molecule has 0 atom stereocenters. The summed E-state index contributed by atoms with van der Waals surface area (Å²) >= 11 is 13.6. The van der Waals surface area contributed by atoms with Gasteiger partial charge in [-0.3, -0.25) is 9.98 Å². The molecule has 11 heteroatoms. The molecule has 0 saturated heterocycles. The number of halogens is 4. The number of nitrogens with zero attached hydrogens (tertiary/aromatic N) is 4. The van der Waals surface area contributed by atoms with E-state index in [9.17, 15) is 0 Å². The Bertz CT molecular complexity index is 1650. The van der Waals surface area contributed by atoms with Crippen LogP contribution in [0, 0.1) is 11.6 Å². The highest BCUT2D eigenvalue weighted by Crippen LogP contribution is 2.45. The minimum absolute atomic E-state index is 0.0420. The minimum Gasteiger partial charge on any atom is -0.480 e. The third-order valence-electron chi connectivity index (χ3n) is 7.21. The molecule has 0 unspecified atom stereocenters. The third-order valence-corrected chi connectivity index (χ3v) is 7.99. The van der Waals surface area contributed by atoms with Crippen molar-refractivity contribution in [3.63, 3.8) is 0 Å². The molecule has 0 amide bonds. The van der Waals surface area contributed by atoms with Crippen LogP contribution in [0.15, 0.2) is 58.5 Å². The summed E-state index contributed by atoms with van der Waals surface area (Å²) in [5, 5.41) is 3.10. The van der Waals surface area contributed by atoms with E-state index in [4.69, 9.17) is 32.7 Å². The molecule has 0 aliphatic carbocycles. The van der Waals surface area contributed by atoms with E-state index in [1.165, 1.54) is 38.5 Å². The van der Waals surface area contributed by atoms with Crippen LogP contribution in [0.4, 0.5) is 8.78 Å². The van der Waals surface area contributed by atoms with Crippen molar-refractivity contribution in [1.82, 2.24) is 15.3 Å². The SMILES string of the molecule is COc1nc(-c2ccc(F)c(-c3c(F)ccc(-c4ccc(C5=NCCN5)c(OC)n4)c3Cl)c2Cl)ccc1C1=NCCC1. The van der Waals surface area contributed by atoms with E-state index in [1.807, 2.05) is 6.07 Å². The van der Waals surface area contributed by atoms with Crippen LogP contribution in [0.5, 0.6) is 11.8 Å². The van der Waals surface area contributed by atoms with Crippen molar-refractivity contribution < 1.29 is 18.3 Å². The smallest absolute Gasteiger partial charge is 0.224 e. The Morgan fingerprint density at radius 3 is 1.74 bits per heavy atom. The number of nitrogens with one attached hydrogen (secondary N) is 1. The zero-order valence-electron chi connectivity index (χ0n) is 22.8. The number of aromatic nitrogens is 2. The number of ether oxygens (including phenoxy) is 2. The summed E-state index contributed by atoms with van der Waals surface area (Å²) in [6, 6.07) is 12.5. The van der Waals surface area contributed by atoms with Gasteiger partial charge in [-0.1, -0.05) is 23.2 Å². The predicted molar refractivity (Wildman–Crippen MR) is 161 cm³/mol. The van der Waals surface area contributed by atoms with Gasteiger partial charge in [-0.2, -0.15) is 0 Å². The van der Waals surface area contributed by atoms with Gasteiger partial charge < -0.3 is 14.8 Å². The number of pyridine rings is 2. The van der Waals surface area contributed by atoms with Crippen LogP contribution in [-0.4, -0.2) is 55.4 Å². The van der Waals surface area contributed by atoms with Gasteiger partial charge in [-0.05, 0) is 61.4 Å². The van der Waals surface area contributed by atoms with E-state index in [0.717, 1.165) is 37.2 Å². The van der Waals surface area contributed by atoms with Crippen molar-refractivity contribution in [3.05, 3.63) is 81.3 Å². The molecule has 0 fully saturated rings. The fraction of sp³-hybridized carbons (Fsp3) is 0.226. The zero-order valence-corrected chi connectivity index (χ0v) is 24.3. The second-order valence-electron chi connectivity index (χ2n) is 9.66. The molecule has 0 spiro atoms. The van der Waals surface area contributed by atoms with E-state index >= 15 is 8.78 Å². The fourth-order valence-corrected chi connectivity index (χ4v) is 5.88. The lowest BCUT2D eigenvalue weighted by Gasteiger charge is -2.17. The van der Waals surface area contributed by atoms with E-state index in [0.29, 0.717) is 52.2 Å². The zero-order chi connectivity index (χ0) is 29.4. The Kier molecular flexibility index (Phi) is 7.79. The summed E-state index contributed by atoms with van der Waals surface area (Å²) in [7, 11) is 3.02. The van der Waals surface area contributed by atoms with Gasteiger partial charge in [-0.25, -0.2) is 18.7 Å². The Balaban J connectivity index is 1.45. The molecule has 2 aromatic carbocycles. The topological polar surface area (TPSA) is 81.0 Å². The van der Waals surface area contributed by atoms with Crippen LogP contribution in [0.2, 0.25) is 10.0 Å². The van der Waals surface area contributed by atoms with Crippen LogP contribution >= 0.6 is 23.2 Å². The molecule has 214 valence electrons. The second-order valence-corrected chi connectivity index (χ2v) is 10.4. The van der Waals surface area contributed by atoms with E-state index in [2.05, 4.69) is 25.3 Å². The number of hydrogen-bond acceptors (Lipinski definition) is 7. The Hall–Kier alpha value is -4.08. The Morgan fingerprint density at radius 1 is 0.690 bits per heavy atom. The maximum absolute atomic E-state index is 15.5. The highest BCUT2D eigenvalue weighted by molar-refractivity contribution is 6.39. The lowest BCUT2D eigenvalue weighted by molar-refractivity contribution is 0.397.